The Bertz CT molecular complexity index is 1080. The fourth-order valence-electron chi connectivity index (χ4n) is 2.62. The Morgan fingerprint density at radius 3 is 2.81 bits per heavy atom. The summed E-state index contributed by atoms with van der Waals surface area (Å²) in [7, 11) is 3.24. The number of thioether (sulfide) groups is 1. The zero-order valence-corrected chi connectivity index (χ0v) is 15.6. The van der Waals surface area contributed by atoms with Crippen LogP contribution in [0.3, 0.4) is 0 Å². The maximum atomic E-state index is 12.3. The number of carbonyl (C=O) groups excluding carboxylic acids is 1. The molecule has 0 saturated heterocycles. The fourth-order valence-corrected chi connectivity index (χ4v) is 3.72. The number of rotatable bonds is 4. The summed E-state index contributed by atoms with van der Waals surface area (Å²) < 4.78 is 3.26. The normalized spacial score (nSPS) is 12.6. The first-order valence-electron chi connectivity index (χ1n) is 7.56. The summed E-state index contributed by atoms with van der Waals surface area (Å²) in [5.74, 6) is 0.389. The summed E-state index contributed by atoms with van der Waals surface area (Å²) in [6.45, 7) is 0. The third kappa shape index (κ3) is 3.25. The molecule has 1 aromatic carbocycles. The quantitative estimate of drug-likeness (QED) is 0.344. The van der Waals surface area contributed by atoms with Gasteiger partial charge in [-0.3, -0.25) is 24.0 Å². The predicted octanol–water partition coefficient (Wildman–Crippen LogP) is 2.56. The molecule has 0 radical (unpaired) electrons. The molecule has 2 aromatic rings. The van der Waals surface area contributed by atoms with Gasteiger partial charge >= 0.3 is 5.69 Å². The molecule has 0 saturated carbocycles. The minimum absolute atomic E-state index is 0.0980. The molecule has 0 amide bonds. The van der Waals surface area contributed by atoms with E-state index in [1.165, 1.54) is 39.1 Å². The zero-order valence-electron chi connectivity index (χ0n) is 14.0. The Balaban J connectivity index is 1.76. The first-order chi connectivity index (χ1) is 12.3. The SMILES string of the molecule is Cn1c2c(c(=S)n(C)c1=O)CC(SCC(=O)c1cccc([N+](=O)[O-])c1)=N2. The Kier molecular flexibility index (Phi) is 4.88. The molecule has 1 aromatic heterocycles. The van der Waals surface area contributed by atoms with Gasteiger partial charge in [-0.15, -0.1) is 11.8 Å². The Hall–Kier alpha value is -2.59. The summed E-state index contributed by atoms with van der Waals surface area (Å²) in [5.41, 5.74) is 0.696. The van der Waals surface area contributed by atoms with Crippen LogP contribution in [0, 0.1) is 14.8 Å². The molecule has 3 rings (SSSR count). The maximum absolute atomic E-state index is 12.3. The van der Waals surface area contributed by atoms with Gasteiger partial charge in [-0.05, 0) is 0 Å². The second kappa shape index (κ2) is 6.96. The highest BCUT2D eigenvalue weighted by Gasteiger charge is 2.22. The van der Waals surface area contributed by atoms with E-state index in [0.717, 1.165) is 5.56 Å². The number of benzene rings is 1. The lowest BCUT2D eigenvalue weighted by atomic mass is 10.1. The Morgan fingerprint density at radius 2 is 2.12 bits per heavy atom. The van der Waals surface area contributed by atoms with Crippen LogP contribution in [-0.2, 0) is 20.5 Å². The van der Waals surface area contributed by atoms with Crippen molar-refractivity contribution in [2.75, 3.05) is 5.75 Å². The molecule has 0 spiro atoms. The van der Waals surface area contributed by atoms with E-state index in [1.54, 1.807) is 20.2 Å². The molecular formula is C16H14N4O4S2. The molecular weight excluding hydrogens is 376 g/mol. The number of nitro groups is 1. The van der Waals surface area contributed by atoms with Gasteiger partial charge < -0.3 is 0 Å². The number of fused-ring (bicyclic) bond motifs is 1. The van der Waals surface area contributed by atoms with Gasteiger partial charge in [0.1, 0.15) is 10.5 Å². The van der Waals surface area contributed by atoms with Crippen molar-refractivity contribution >= 4 is 46.3 Å². The Labute approximate surface area is 157 Å². The van der Waals surface area contributed by atoms with E-state index in [1.807, 2.05) is 0 Å². The van der Waals surface area contributed by atoms with Gasteiger partial charge in [-0.25, -0.2) is 9.79 Å². The van der Waals surface area contributed by atoms with E-state index >= 15 is 0 Å². The molecule has 26 heavy (non-hydrogen) atoms. The Morgan fingerprint density at radius 1 is 1.38 bits per heavy atom. The average Bonchev–Trinajstić information content (AvgIpc) is 3.07. The van der Waals surface area contributed by atoms with Gasteiger partial charge in [0.25, 0.3) is 5.69 Å². The second-order valence-corrected chi connectivity index (χ2v) is 7.14. The van der Waals surface area contributed by atoms with Crippen molar-refractivity contribution in [2.24, 2.45) is 19.1 Å². The van der Waals surface area contributed by atoms with Crippen LogP contribution >= 0.6 is 24.0 Å². The number of ketones is 1. The van der Waals surface area contributed by atoms with Crippen LogP contribution in [0.1, 0.15) is 15.9 Å². The molecule has 0 N–H and O–H groups in total. The molecule has 134 valence electrons. The van der Waals surface area contributed by atoms with Crippen molar-refractivity contribution < 1.29 is 9.72 Å². The molecule has 0 fully saturated rings. The molecule has 8 nitrogen and oxygen atoms in total. The van der Waals surface area contributed by atoms with Crippen LogP contribution in [0.15, 0.2) is 34.1 Å². The van der Waals surface area contributed by atoms with E-state index in [4.69, 9.17) is 12.2 Å². The third-order valence-corrected chi connectivity index (χ3v) is 5.53. The smallest absolute Gasteiger partial charge is 0.293 e. The highest BCUT2D eigenvalue weighted by molar-refractivity contribution is 8.14. The lowest BCUT2D eigenvalue weighted by molar-refractivity contribution is -0.384. The van der Waals surface area contributed by atoms with E-state index in [-0.39, 0.29) is 28.5 Å². The molecule has 1 aliphatic heterocycles. The van der Waals surface area contributed by atoms with Crippen LogP contribution in [-0.4, -0.2) is 30.6 Å². The van der Waals surface area contributed by atoms with Crippen LogP contribution in [0.2, 0.25) is 0 Å². The molecule has 0 atom stereocenters. The van der Waals surface area contributed by atoms with E-state index in [2.05, 4.69) is 4.99 Å². The lowest BCUT2D eigenvalue weighted by Gasteiger charge is -2.07. The minimum Gasteiger partial charge on any atom is -0.293 e. The van der Waals surface area contributed by atoms with E-state index in [0.29, 0.717) is 21.9 Å². The standard InChI is InChI=1S/C16H14N4O4S2/c1-18-14-11(15(25)19(2)16(18)22)7-13(17-14)26-8-12(21)9-4-3-5-10(6-9)20(23)24/h3-6H,7-8H2,1-2H3. The van der Waals surface area contributed by atoms with Crippen LogP contribution in [0.5, 0.6) is 0 Å². The zero-order chi connectivity index (χ0) is 19.0. The molecule has 2 heterocycles. The van der Waals surface area contributed by atoms with Crippen LogP contribution in [0.4, 0.5) is 11.5 Å². The van der Waals surface area contributed by atoms with Crippen molar-refractivity contribution in [3.05, 3.63) is 60.6 Å². The lowest BCUT2D eigenvalue weighted by Crippen LogP contribution is -2.28. The molecule has 1 aliphatic rings. The van der Waals surface area contributed by atoms with Gasteiger partial charge in [-0.2, -0.15) is 0 Å². The number of Topliss-reactive ketones (excluding diaryl/α,β-unsaturated/α-hetero) is 1. The number of non-ortho nitro benzene ring substituents is 1. The summed E-state index contributed by atoms with van der Waals surface area (Å²) in [6.07, 6.45) is 0.461. The van der Waals surface area contributed by atoms with Gasteiger partial charge in [0.15, 0.2) is 5.78 Å². The first kappa shape index (κ1) is 18.2. The van der Waals surface area contributed by atoms with Crippen molar-refractivity contribution in [1.82, 2.24) is 9.13 Å². The van der Waals surface area contributed by atoms with Crippen LogP contribution < -0.4 is 5.69 Å². The molecule has 0 aliphatic carbocycles. The third-order valence-electron chi connectivity index (χ3n) is 4.03. The monoisotopic (exact) mass is 390 g/mol. The summed E-state index contributed by atoms with van der Waals surface area (Å²) in [6, 6.07) is 5.64. The largest absolute Gasteiger partial charge is 0.330 e. The van der Waals surface area contributed by atoms with E-state index < -0.39 is 4.92 Å². The summed E-state index contributed by atoms with van der Waals surface area (Å²) in [5, 5.41) is 11.5. The van der Waals surface area contributed by atoms with Crippen LogP contribution in [0.25, 0.3) is 0 Å². The number of hydrogen-bond acceptors (Lipinski definition) is 7. The fraction of sp³-hybridized carbons (Fsp3) is 0.250. The summed E-state index contributed by atoms with van der Waals surface area (Å²) >= 11 is 6.55. The van der Waals surface area contributed by atoms with Crippen molar-refractivity contribution in [3.63, 3.8) is 0 Å². The highest BCUT2D eigenvalue weighted by atomic mass is 32.2. The predicted molar refractivity (Wildman–Crippen MR) is 102 cm³/mol. The van der Waals surface area contributed by atoms with Crippen molar-refractivity contribution in [1.29, 1.82) is 0 Å². The minimum atomic E-state index is -0.534. The van der Waals surface area contributed by atoms with Crippen molar-refractivity contribution in [2.45, 2.75) is 6.42 Å². The number of aromatic nitrogens is 2. The average molecular weight is 390 g/mol. The number of nitrogens with zero attached hydrogens (tertiary/aromatic N) is 4. The van der Waals surface area contributed by atoms with Gasteiger partial charge in [-0.1, -0.05) is 24.4 Å². The maximum Gasteiger partial charge on any atom is 0.330 e. The number of carbonyl (C=O) groups is 1. The highest BCUT2D eigenvalue weighted by Crippen LogP contribution is 2.29. The number of hydrogen-bond donors (Lipinski definition) is 0. The molecule has 0 unspecified atom stereocenters. The second-order valence-electron chi connectivity index (χ2n) is 5.71. The van der Waals surface area contributed by atoms with Gasteiger partial charge in [0.05, 0.1) is 15.7 Å². The van der Waals surface area contributed by atoms with Gasteiger partial charge in [0.2, 0.25) is 0 Å². The van der Waals surface area contributed by atoms with Crippen molar-refractivity contribution in [3.8, 4) is 0 Å². The summed E-state index contributed by atoms with van der Waals surface area (Å²) in [4.78, 5) is 39.1. The molecule has 10 heteroatoms. The van der Waals surface area contributed by atoms with E-state index in [9.17, 15) is 19.7 Å². The topological polar surface area (TPSA) is 99.5 Å². The first-order valence-corrected chi connectivity index (χ1v) is 8.96. The number of nitro benzene ring substituents is 1. The number of aliphatic imine (C=N–C) groups is 1. The van der Waals surface area contributed by atoms with Gasteiger partial charge in [0, 0.05) is 43.8 Å². The molecule has 0 bridgehead atoms.